The van der Waals surface area contributed by atoms with Gasteiger partial charge in [0, 0.05) is 18.6 Å². The van der Waals surface area contributed by atoms with Gasteiger partial charge in [0.05, 0.1) is 6.04 Å². The molecule has 2 bridgehead atoms. The number of amides is 1. The minimum Gasteiger partial charge on any atom is -0.465 e. The Balaban J connectivity index is 2.12. The second-order valence-electron chi connectivity index (χ2n) is 4.03. The number of rotatable bonds is 2. The molecule has 2 N–H and O–H groups in total. The molecule has 0 aromatic heterocycles. The lowest BCUT2D eigenvalue weighted by Gasteiger charge is -2.38. The molecule has 78 valence electrons. The summed E-state index contributed by atoms with van der Waals surface area (Å²) in [5.74, 6) is 0. The number of fused-ring (bicyclic) bond motifs is 2. The molecular weight excluding hydrogens is 180 g/mol. The molecule has 0 aromatic rings. The average Bonchev–Trinajstić information content (AvgIpc) is 2.47. The molecule has 0 unspecified atom stereocenters. The highest BCUT2D eigenvalue weighted by atomic mass is 16.4. The summed E-state index contributed by atoms with van der Waals surface area (Å²) in [6.07, 6.45) is 3.92. The number of piperazine rings is 1. The molecule has 2 aliphatic heterocycles. The highest BCUT2D eigenvalue weighted by Crippen LogP contribution is 2.30. The van der Waals surface area contributed by atoms with Gasteiger partial charge in [-0.3, -0.25) is 4.90 Å². The second kappa shape index (κ2) is 3.61. The fourth-order valence-electron chi connectivity index (χ4n) is 2.65. The van der Waals surface area contributed by atoms with E-state index in [1.165, 1.54) is 0 Å². The molecule has 2 aliphatic rings. The molecule has 0 aromatic carbocycles. The minimum atomic E-state index is -0.770. The van der Waals surface area contributed by atoms with Crippen LogP contribution in [0, 0.1) is 0 Å². The molecule has 1 amide bonds. The molecule has 3 atom stereocenters. The van der Waals surface area contributed by atoms with Gasteiger partial charge in [0.2, 0.25) is 0 Å². The van der Waals surface area contributed by atoms with Gasteiger partial charge >= 0.3 is 6.09 Å². The van der Waals surface area contributed by atoms with Crippen molar-refractivity contribution >= 4 is 6.09 Å². The molecule has 2 saturated heterocycles. The Morgan fingerprint density at radius 3 is 3.07 bits per heavy atom. The van der Waals surface area contributed by atoms with Crippen molar-refractivity contribution in [2.45, 2.75) is 37.4 Å². The number of carbonyl (C=O) groups is 1. The second-order valence-corrected chi connectivity index (χ2v) is 4.03. The quantitative estimate of drug-likeness (QED) is 0.649. The molecule has 4 nitrogen and oxygen atoms in total. The molecule has 0 radical (unpaired) electrons. The van der Waals surface area contributed by atoms with E-state index in [1.54, 1.807) is 4.90 Å². The average molecular weight is 196 g/mol. The van der Waals surface area contributed by atoms with E-state index in [4.69, 9.17) is 5.11 Å². The van der Waals surface area contributed by atoms with Crippen molar-refractivity contribution in [2.75, 3.05) is 6.54 Å². The van der Waals surface area contributed by atoms with Crippen molar-refractivity contribution in [3.63, 3.8) is 0 Å². The largest absolute Gasteiger partial charge is 0.465 e. The van der Waals surface area contributed by atoms with E-state index in [0.29, 0.717) is 0 Å². The van der Waals surface area contributed by atoms with Crippen LogP contribution in [0.2, 0.25) is 0 Å². The van der Waals surface area contributed by atoms with Crippen molar-refractivity contribution in [1.82, 2.24) is 10.2 Å². The fourth-order valence-corrected chi connectivity index (χ4v) is 2.65. The smallest absolute Gasteiger partial charge is 0.407 e. The lowest BCUT2D eigenvalue weighted by atomic mass is 10.0. The van der Waals surface area contributed by atoms with E-state index >= 15 is 0 Å². The number of hydrogen-bond acceptors (Lipinski definition) is 2. The summed E-state index contributed by atoms with van der Waals surface area (Å²) < 4.78 is 0. The molecule has 0 aliphatic carbocycles. The Labute approximate surface area is 83.6 Å². The molecule has 4 heteroatoms. The Morgan fingerprint density at radius 2 is 2.43 bits per heavy atom. The zero-order valence-corrected chi connectivity index (χ0v) is 8.15. The standard InChI is InChI=1S/C10H16N2O2/c1-2-3-8-9-5-4-7(6-11-8)12(9)10(13)14/h2,7-9,11H,1,3-6H2,(H,13,14)/t7-,8+,9+/m1/s1. The first-order valence-corrected chi connectivity index (χ1v) is 5.09. The summed E-state index contributed by atoms with van der Waals surface area (Å²) in [6, 6.07) is 0.616. The van der Waals surface area contributed by atoms with Gasteiger partial charge in [0.15, 0.2) is 0 Å². The Kier molecular flexibility index (Phi) is 2.46. The van der Waals surface area contributed by atoms with Crippen LogP contribution in [0.15, 0.2) is 12.7 Å². The first kappa shape index (κ1) is 9.52. The highest BCUT2D eigenvalue weighted by molar-refractivity contribution is 5.66. The van der Waals surface area contributed by atoms with Gasteiger partial charge in [-0.15, -0.1) is 6.58 Å². The summed E-state index contributed by atoms with van der Waals surface area (Å²) in [6.45, 7) is 4.49. The zero-order chi connectivity index (χ0) is 10.1. The summed E-state index contributed by atoms with van der Waals surface area (Å²) in [7, 11) is 0. The van der Waals surface area contributed by atoms with Crippen LogP contribution >= 0.6 is 0 Å². The van der Waals surface area contributed by atoms with Crippen LogP contribution in [0.25, 0.3) is 0 Å². The summed E-state index contributed by atoms with van der Waals surface area (Å²) in [5, 5.41) is 12.5. The zero-order valence-electron chi connectivity index (χ0n) is 8.15. The monoisotopic (exact) mass is 196 g/mol. The van der Waals surface area contributed by atoms with E-state index in [9.17, 15) is 4.79 Å². The summed E-state index contributed by atoms with van der Waals surface area (Å²) in [5.41, 5.74) is 0. The maximum atomic E-state index is 11.0. The van der Waals surface area contributed by atoms with Crippen molar-refractivity contribution < 1.29 is 9.90 Å². The molecule has 0 saturated carbocycles. The Hall–Kier alpha value is -1.03. The first-order valence-electron chi connectivity index (χ1n) is 5.09. The van der Waals surface area contributed by atoms with Crippen molar-refractivity contribution in [3.05, 3.63) is 12.7 Å². The molecular formula is C10H16N2O2. The lowest BCUT2D eigenvalue weighted by molar-refractivity contribution is 0.0917. The Bertz CT molecular complexity index is 255. The molecule has 2 heterocycles. The van der Waals surface area contributed by atoms with Gasteiger partial charge in [-0.05, 0) is 19.3 Å². The molecule has 0 spiro atoms. The SMILES string of the molecule is C=CC[C@@H]1NC[C@H]2CC[C@@H]1N2C(=O)O. The minimum absolute atomic E-state index is 0.157. The maximum Gasteiger partial charge on any atom is 0.407 e. The van der Waals surface area contributed by atoms with Crippen LogP contribution in [-0.4, -0.2) is 40.8 Å². The molecule has 2 fully saturated rings. The normalized spacial score (nSPS) is 35.7. The third kappa shape index (κ3) is 1.39. The van der Waals surface area contributed by atoms with E-state index in [1.807, 2.05) is 6.08 Å². The molecule has 2 rings (SSSR count). The van der Waals surface area contributed by atoms with E-state index in [2.05, 4.69) is 11.9 Å². The van der Waals surface area contributed by atoms with E-state index in [0.717, 1.165) is 25.8 Å². The molecule has 14 heavy (non-hydrogen) atoms. The van der Waals surface area contributed by atoms with Crippen LogP contribution in [0.5, 0.6) is 0 Å². The van der Waals surface area contributed by atoms with Gasteiger partial charge in [-0.25, -0.2) is 4.79 Å². The number of nitrogens with zero attached hydrogens (tertiary/aromatic N) is 1. The van der Waals surface area contributed by atoms with Gasteiger partial charge in [-0.2, -0.15) is 0 Å². The van der Waals surface area contributed by atoms with Crippen LogP contribution in [-0.2, 0) is 0 Å². The predicted octanol–water partition coefficient (Wildman–Crippen LogP) is 1.05. The van der Waals surface area contributed by atoms with E-state index in [-0.39, 0.29) is 18.1 Å². The first-order chi connectivity index (χ1) is 6.74. The number of hydrogen-bond donors (Lipinski definition) is 2. The topological polar surface area (TPSA) is 52.6 Å². The van der Waals surface area contributed by atoms with Crippen molar-refractivity contribution in [3.8, 4) is 0 Å². The number of carboxylic acid groups (broad SMARTS) is 1. The summed E-state index contributed by atoms with van der Waals surface area (Å²) >= 11 is 0. The van der Waals surface area contributed by atoms with Crippen molar-refractivity contribution in [2.24, 2.45) is 0 Å². The third-order valence-corrected chi connectivity index (χ3v) is 3.27. The van der Waals surface area contributed by atoms with Crippen LogP contribution in [0.4, 0.5) is 4.79 Å². The van der Waals surface area contributed by atoms with Crippen molar-refractivity contribution in [1.29, 1.82) is 0 Å². The van der Waals surface area contributed by atoms with Crippen LogP contribution in [0.3, 0.4) is 0 Å². The summed E-state index contributed by atoms with van der Waals surface area (Å²) in [4.78, 5) is 12.7. The van der Waals surface area contributed by atoms with Gasteiger partial charge in [0.25, 0.3) is 0 Å². The Morgan fingerprint density at radius 1 is 1.64 bits per heavy atom. The maximum absolute atomic E-state index is 11.0. The number of nitrogens with one attached hydrogen (secondary N) is 1. The van der Waals surface area contributed by atoms with E-state index < -0.39 is 6.09 Å². The lowest BCUT2D eigenvalue weighted by Crippen LogP contribution is -2.59. The fraction of sp³-hybridized carbons (Fsp3) is 0.700. The third-order valence-electron chi connectivity index (χ3n) is 3.27. The van der Waals surface area contributed by atoms with Crippen LogP contribution < -0.4 is 5.32 Å². The van der Waals surface area contributed by atoms with Gasteiger partial charge in [-0.1, -0.05) is 6.08 Å². The highest BCUT2D eigenvalue weighted by Gasteiger charge is 2.44. The van der Waals surface area contributed by atoms with Gasteiger partial charge < -0.3 is 10.4 Å². The van der Waals surface area contributed by atoms with Crippen LogP contribution in [0.1, 0.15) is 19.3 Å². The predicted molar refractivity (Wildman–Crippen MR) is 53.3 cm³/mol. The van der Waals surface area contributed by atoms with Gasteiger partial charge in [0.1, 0.15) is 0 Å².